The SMILES string of the molecule is CCCc1nc(COC2CC(CN)C2)cs1. The zero-order chi connectivity index (χ0) is 11.4. The molecule has 0 bridgehead atoms. The Hall–Kier alpha value is -0.450. The van der Waals surface area contributed by atoms with Crippen molar-refractivity contribution in [1.82, 2.24) is 4.98 Å². The molecule has 0 saturated heterocycles. The van der Waals surface area contributed by atoms with Gasteiger partial charge < -0.3 is 10.5 Å². The first kappa shape index (κ1) is 12.0. The quantitative estimate of drug-likeness (QED) is 0.830. The molecule has 1 heterocycles. The highest BCUT2D eigenvalue weighted by Gasteiger charge is 2.28. The van der Waals surface area contributed by atoms with Crippen LogP contribution in [-0.2, 0) is 17.8 Å². The molecule has 1 saturated carbocycles. The highest BCUT2D eigenvalue weighted by Crippen LogP contribution is 2.29. The minimum absolute atomic E-state index is 0.421. The molecule has 2 N–H and O–H groups in total. The van der Waals surface area contributed by atoms with Crippen molar-refractivity contribution in [1.29, 1.82) is 0 Å². The predicted molar refractivity (Wildman–Crippen MR) is 66.5 cm³/mol. The summed E-state index contributed by atoms with van der Waals surface area (Å²) in [6, 6.07) is 0. The standard InChI is InChI=1S/C12H20N2OS/c1-2-3-12-14-10(8-16-12)7-15-11-4-9(5-11)6-13/h8-9,11H,2-7,13H2,1H3. The summed E-state index contributed by atoms with van der Waals surface area (Å²) in [7, 11) is 0. The molecule has 16 heavy (non-hydrogen) atoms. The van der Waals surface area contributed by atoms with Crippen molar-refractivity contribution < 1.29 is 4.74 Å². The monoisotopic (exact) mass is 240 g/mol. The molecule has 2 rings (SSSR count). The highest BCUT2D eigenvalue weighted by molar-refractivity contribution is 7.09. The molecule has 0 spiro atoms. The maximum absolute atomic E-state index is 5.78. The third-order valence-corrected chi connectivity index (χ3v) is 4.01. The lowest BCUT2D eigenvalue weighted by Crippen LogP contribution is -2.35. The van der Waals surface area contributed by atoms with Crippen LogP contribution in [0, 0.1) is 5.92 Å². The van der Waals surface area contributed by atoms with Gasteiger partial charge in [-0.1, -0.05) is 6.92 Å². The van der Waals surface area contributed by atoms with E-state index in [0.717, 1.165) is 37.9 Å². The second kappa shape index (κ2) is 5.75. The van der Waals surface area contributed by atoms with Crippen LogP contribution in [0.4, 0.5) is 0 Å². The van der Waals surface area contributed by atoms with Gasteiger partial charge in [-0.25, -0.2) is 4.98 Å². The van der Waals surface area contributed by atoms with E-state index < -0.39 is 0 Å². The molecule has 0 radical (unpaired) electrons. The topological polar surface area (TPSA) is 48.1 Å². The van der Waals surface area contributed by atoms with E-state index in [-0.39, 0.29) is 0 Å². The Bertz CT molecular complexity index is 321. The first-order valence-electron chi connectivity index (χ1n) is 6.06. The van der Waals surface area contributed by atoms with Crippen molar-refractivity contribution >= 4 is 11.3 Å². The fourth-order valence-electron chi connectivity index (χ4n) is 1.95. The predicted octanol–water partition coefficient (Wildman–Crippen LogP) is 2.35. The van der Waals surface area contributed by atoms with Gasteiger partial charge in [0.2, 0.25) is 0 Å². The fourth-order valence-corrected chi connectivity index (χ4v) is 2.83. The number of nitrogens with two attached hydrogens (primary N) is 1. The summed E-state index contributed by atoms with van der Waals surface area (Å²) in [5.74, 6) is 0.691. The van der Waals surface area contributed by atoms with Gasteiger partial charge in [0.1, 0.15) is 0 Å². The molecule has 0 unspecified atom stereocenters. The lowest BCUT2D eigenvalue weighted by molar-refractivity contribution is -0.0386. The number of hydrogen-bond donors (Lipinski definition) is 1. The van der Waals surface area contributed by atoms with Crippen molar-refractivity contribution in [2.75, 3.05) is 6.54 Å². The molecule has 1 aromatic rings. The van der Waals surface area contributed by atoms with Crippen LogP contribution in [0.1, 0.15) is 36.9 Å². The van der Waals surface area contributed by atoms with Gasteiger partial charge in [-0.3, -0.25) is 0 Å². The van der Waals surface area contributed by atoms with E-state index in [1.807, 2.05) is 0 Å². The van der Waals surface area contributed by atoms with Gasteiger partial charge in [-0.05, 0) is 38.1 Å². The van der Waals surface area contributed by atoms with Crippen LogP contribution in [0.15, 0.2) is 5.38 Å². The Morgan fingerprint density at radius 1 is 1.56 bits per heavy atom. The normalized spacial score (nSPS) is 24.4. The summed E-state index contributed by atoms with van der Waals surface area (Å²) in [6.45, 7) is 3.65. The Labute approximate surface area is 101 Å². The number of aryl methyl sites for hydroxylation is 1. The van der Waals surface area contributed by atoms with Gasteiger partial charge in [-0.15, -0.1) is 11.3 Å². The second-order valence-electron chi connectivity index (χ2n) is 4.49. The summed E-state index contributed by atoms with van der Waals surface area (Å²) in [5.41, 5.74) is 6.66. The van der Waals surface area contributed by atoms with E-state index in [0.29, 0.717) is 18.6 Å². The van der Waals surface area contributed by atoms with E-state index in [2.05, 4.69) is 17.3 Å². The molecule has 4 heteroatoms. The van der Waals surface area contributed by atoms with Crippen molar-refractivity contribution in [3.05, 3.63) is 16.1 Å². The van der Waals surface area contributed by atoms with E-state index in [4.69, 9.17) is 10.5 Å². The summed E-state index contributed by atoms with van der Waals surface area (Å²) in [6.07, 6.45) is 4.92. The van der Waals surface area contributed by atoms with Gasteiger partial charge in [0.15, 0.2) is 0 Å². The van der Waals surface area contributed by atoms with Gasteiger partial charge in [0, 0.05) is 5.38 Å². The lowest BCUT2D eigenvalue weighted by atomic mass is 9.82. The minimum atomic E-state index is 0.421. The van der Waals surface area contributed by atoms with Gasteiger partial charge in [-0.2, -0.15) is 0 Å². The summed E-state index contributed by atoms with van der Waals surface area (Å²) >= 11 is 1.75. The molecule has 90 valence electrons. The van der Waals surface area contributed by atoms with Crippen LogP contribution in [0.3, 0.4) is 0 Å². The first-order chi connectivity index (χ1) is 7.81. The lowest BCUT2D eigenvalue weighted by Gasteiger charge is -2.33. The van der Waals surface area contributed by atoms with Crippen LogP contribution < -0.4 is 5.73 Å². The molecule has 1 fully saturated rings. The van der Waals surface area contributed by atoms with Crippen LogP contribution >= 0.6 is 11.3 Å². The van der Waals surface area contributed by atoms with Crippen molar-refractivity contribution in [3.63, 3.8) is 0 Å². The highest BCUT2D eigenvalue weighted by atomic mass is 32.1. The van der Waals surface area contributed by atoms with Crippen LogP contribution in [0.2, 0.25) is 0 Å². The third kappa shape index (κ3) is 3.03. The summed E-state index contributed by atoms with van der Waals surface area (Å²) in [5, 5.41) is 3.35. The average Bonchev–Trinajstić information content (AvgIpc) is 2.64. The summed E-state index contributed by atoms with van der Waals surface area (Å²) in [4.78, 5) is 4.54. The Morgan fingerprint density at radius 3 is 3.06 bits per heavy atom. The smallest absolute Gasteiger partial charge is 0.0929 e. The minimum Gasteiger partial charge on any atom is -0.372 e. The molecule has 0 amide bonds. The van der Waals surface area contributed by atoms with Gasteiger partial charge >= 0.3 is 0 Å². The maximum atomic E-state index is 5.78. The number of ether oxygens (including phenoxy) is 1. The van der Waals surface area contributed by atoms with E-state index >= 15 is 0 Å². The van der Waals surface area contributed by atoms with Gasteiger partial charge in [0.05, 0.1) is 23.4 Å². The molecular formula is C12H20N2OS. The third-order valence-electron chi connectivity index (χ3n) is 3.06. The number of thiazole rings is 1. The van der Waals surface area contributed by atoms with Crippen LogP contribution in [-0.4, -0.2) is 17.6 Å². The zero-order valence-corrected chi connectivity index (χ0v) is 10.6. The number of hydrogen-bond acceptors (Lipinski definition) is 4. The molecule has 3 nitrogen and oxygen atoms in total. The zero-order valence-electron chi connectivity index (χ0n) is 9.82. The largest absolute Gasteiger partial charge is 0.372 e. The molecular weight excluding hydrogens is 220 g/mol. The van der Waals surface area contributed by atoms with Gasteiger partial charge in [0.25, 0.3) is 0 Å². The van der Waals surface area contributed by atoms with E-state index in [9.17, 15) is 0 Å². The number of rotatable bonds is 6. The van der Waals surface area contributed by atoms with Crippen molar-refractivity contribution in [2.24, 2.45) is 11.7 Å². The molecule has 0 aromatic carbocycles. The number of nitrogens with zero attached hydrogens (tertiary/aromatic N) is 1. The molecule has 0 atom stereocenters. The Kier molecular flexibility index (Phi) is 4.32. The van der Waals surface area contributed by atoms with Crippen molar-refractivity contribution in [2.45, 2.75) is 45.3 Å². The van der Waals surface area contributed by atoms with E-state index in [1.165, 1.54) is 5.01 Å². The maximum Gasteiger partial charge on any atom is 0.0929 e. The fraction of sp³-hybridized carbons (Fsp3) is 0.750. The summed E-state index contributed by atoms with van der Waals surface area (Å²) < 4.78 is 5.78. The molecule has 1 aromatic heterocycles. The number of aromatic nitrogens is 1. The van der Waals surface area contributed by atoms with Crippen LogP contribution in [0.5, 0.6) is 0 Å². The van der Waals surface area contributed by atoms with Crippen LogP contribution in [0.25, 0.3) is 0 Å². The molecule has 1 aliphatic rings. The molecule has 0 aliphatic heterocycles. The average molecular weight is 240 g/mol. The Balaban J connectivity index is 1.69. The Morgan fingerprint density at radius 2 is 2.38 bits per heavy atom. The van der Waals surface area contributed by atoms with Crippen molar-refractivity contribution in [3.8, 4) is 0 Å². The first-order valence-corrected chi connectivity index (χ1v) is 6.94. The molecule has 1 aliphatic carbocycles. The van der Waals surface area contributed by atoms with E-state index in [1.54, 1.807) is 11.3 Å². The second-order valence-corrected chi connectivity index (χ2v) is 5.43.